The third-order valence-corrected chi connectivity index (χ3v) is 4.54. The first-order valence-corrected chi connectivity index (χ1v) is 12.6. The molecule has 0 fully saturated rings. The summed E-state index contributed by atoms with van der Waals surface area (Å²) in [7, 11) is 0. The second-order valence-electron chi connectivity index (χ2n) is 8.32. The molecule has 0 aliphatic heterocycles. The molecule has 0 rings (SSSR count). The minimum atomic E-state index is -1.20. The van der Waals surface area contributed by atoms with Crippen LogP contribution in [0.3, 0.4) is 0 Å². The van der Waals surface area contributed by atoms with E-state index in [1.807, 2.05) is 0 Å². The maximum absolute atomic E-state index is 11.3. The molecule has 256 valence electrons. The molecule has 0 aromatic heterocycles. The van der Waals surface area contributed by atoms with E-state index in [0.717, 1.165) is 0 Å². The molecular weight excluding hydrogens is 612 g/mol. The summed E-state index contributed by atoms with van der Waals surface area (Å²) in [5, 5.41) is 34.7. The molecule has 16 N–H and O–H groups in total. The monoisotopic (exact) mass is 652 g/mol. The van der Waals surface area contributed by atoms with Gasteiger partial charge in [0, 0.05) is 0 Å². The summed E-state index contributed by atoms with van der Waals surface area (Å²) in [4.78, 5) is 110. The van der Waals surface area contributed by atoms with E-state index >= 15 is 0 Å². The SMILES string of the molecule is CC(NC(=O)CNC(=O)CNC(=O)CNC(=O)CN)C(=O)O.CC(NC(=O)CNC(=O)CNC(=O)CNC(=O)CN)C(=O)O.O. The molecule has 2 unspecified atom stereocenters. The van der Waals surface area contributed by atoms with Crippen LogP contribution in [0.25, 0.3) is 0 Å². The number of carboxylic acid groups (broad SMARTS) is 2. The first-order chi connectivity index (χ1) is 20.5. The number of rotatable bonds is 18. The average Bonchev–Trinajstić information content (AvgIpc) is 2.98. The van der Waals surface area contributed by atoms with Crippen molar-refractivity contribution in [3.05, 3.63) is 0 Å². The Hall–Kier alpha value is -5.42. The van der Waals surface area contributed by atoms with Gasteiger partial charge in [0.05, 0.1) is 52.4 Å². The van der Waals surface area contributed by atoms with Crippen molar-refractivity contribution < 1.29 is 63.6 Å². The Kier molecular flexibility index (Phi) is 24.6. The summed E-state index contributed by atoms with van der Waals surface area (Å²) in [5.74, 6) is -7.25. The van der Waals surface area contributed by atoms with Crippen LogP contribution in [0.15, 0.2) is 0 Å². The third kappa shape index (κ3) is 26.0. The number of carbonyl (C=O) groups is 10. The number of amides is 8. The number of nitrogens with two attached hydrogens (primary N) is 2. The largest absolute Gasteiger partial charge is 0.480 e. The molecule has 23 heteroatoms. The van der Waals surface area contributed by atoms with E-state index in [4.69, 9.17) is 21.7 Å². The van der Waals surface area contributed by atoms with Crippen molar-refractivity contribution in [2.24, 2.45) is 11.5 Å². The van der Waals surface area contributed by atoms with Gasteiger partial charge in [-0.25, -0.2) is 0 Å². The lowest BCUT2D eigenvalue weighted by Gasteiger charge is -2.10. The second-order valence-corrected chi connectivity index (χ2v) is 8.32. The summed E-state index contributed by atoms with van der Waals surface area (Å²) in [6.45, 7) is -0.213. The Labute approximate surface area is 255 Å². The molecule has 0 aromatic carbocycles. The van der Waals surface area contributed by atoms with E-state index in [1.165, 1.54) is 13.8 Å². The van der Waals surface area contributed by atoms with Gasteiger partial charge < -0.3 is 69.7 Å². The summed E-state index contributed by atoms with van der Waals surface area (Å²) in [5.41, 5.74) is 10.0. The Bertz CT molecular complexity index is 988. The zero-order valence-electron chi connectivity index (χ0n) is 24.4. The molecule has 23 nitrogen and oxygen atoms in total. The summed E-state index contributed by atoms with van der Waals surface area (Å²) < 4.78 is 0. The van der Waals surface area contributed by atoms with Gasteiger partial charge in [0.1, 0.15) is 12.1 Å². The van der Waals surface area contributed by atoms with Gasteiger partial charge in [0.25, 0.3) is 0 Å². The first kappa shape index (κ1) is 44.0. The zero-order valence-corrected chi connectivity index (χ0v) is 24.4. The van der Waals surface area contributed by atoms with Crippen LogP contribution in [-0.4, -0.2) is 139 Å². The van der Waals surface area contributed by atoms with Crippen molar-refractivity contribution in [1.82, 2.24) is 42.5 Å². The quantitative estimate of drug-likeness (QED) is 0.0654. The highest BCUT2D eigenvalue weighted by Gasteiger charge is 2.16. The summed E-state index contributed by atoms with van der Waals surface area (Å²) in [6.07, 6.45) is 0. The predicted molar refractivity (Wildman–Crippen MR) is 150 cm³/mol. The molecule has 45 heavy (non-hydrogen) atoms. The topological polar surface area (TPSA) is 391 Å². The van der Waals surface area contributed by atoms with Crippen LogP contribution in [0.5, 0.6) is 0 Å². The van der Waals surface area contributed by atoms with Gasteiger partial charge in [-0.05, 0) is 13.8 Å². The Morgan fingerprint density at radius 2 is 0.644 bits per heavy atom. The van der Waals surface area contributed by atoms with Crippen molar-refractivity contribution in [2.45, 2.75) is 25.9 Å². The van der Waals surface area contributed by atoms with Gasteiger partial charge in [-0.15, -0.1) is 0 Å². The Morgan fingerprint density at radius 3 is 0.844 bits per heavy atom. The van der Waals surface area contributed by atoms with Crippen LogP contribution in [0.4, 0.5) is 0 Å². The normalized spacial score (nSPS) is 10.8. The van der Waals surface area contributed by atoms with Crippen molar-refractivity contribution in [3.63, 3.8) is 0 Å². The van der Waals surface area contributed by atoms with E-state index in [-0.39, 0.29) is 44.7 Å². The van der Waals surface area contributed by atoms with Gasteiger partial charge in [-0.3, -0.25) is 47.9 Å². The van der Waals surface area contributed by atoms with E-state index in [2.05, 4.69) is 42.5 Å². The molecule has 0 heterocycles. The number of carboxylic acids is 2. The molecule has 0 bridgehead atoms. The molecule has 8 amide bonds. The highest BCUT2D eigenvalue weighted by Crippen LogP contribution is 1.81. The average molecular weight is 653 g/mol. The van der Waals surface area contributed by atoms with Gasteiger partial charge >= 0.3 is 11.9 Å². The minimum absolute atomic E-state index is 0. The lowest BCUT2D eigenvalue weighted by Crippen LogP contribution is -2.47. The van der Waals surface area contributed by atoms with Gasteiger partial charge in [0.15, 0.2) is 0 Å². The van der Waals surface area contributed by atoms with Crippen LogP contribution in [0.2, 0.25) is 0 Å². The van der Waals surface area contributed by atoms with E-state index in [0.29, 0.717) is 0 Å². The summed E-state index contributed by atoms with van der Waals surface area (Å²) >= 11 is 0. The molecule has 0 aliphatic carbocycles. The Morgan fingerprint density at radius 1 is 0.444 bits per heavy atom. The maximum Gasteiger partial charge on any atom is 0.325 e. The number of aliphatic carboxylic acids is 2. The highest BCUT2D eigenvalue weighted by molar-refractivity contribution is 5.92. The predicted octanol–water partition coefficient (Wildman–Crippen LogP) is -9.06. The smallest absolute Gasteiger partial charge is 0.325 e. The zero-order chi connectivity index (χ0) is 34.2. The van der Waals surface area contributed by atoms with Crippen molar-refractivity contribution in [2.75, 3.05) is 52.4 Å². The molecule has 0 saturated carbocycles. The lowest BCUT2D eigenvalue weighted by molar-refractivity contribution is -0.141. The Balaban J connectivity index is -0.000000767. The lowest BCUT2D eigenvalue weighted by atomic mass is 10.3. The number of hydrogen-bond donors (Lipinski definition) is 12. The van der Waals surface area contributed by atoms with E-state index in [9.17, 15) is 47.9 Å². The fourth-order valence-corrected chi connectivity index (χ4v) is 2.18. The maximum atomic E-state index is 11.3. The molecular formula is C22H40N10O13. The first-order valence-electron chi connectivity index (χ1n) is 12.6. The van der Waals surface area contributed by atoms with Crippen LogP contribution in [0, 0.1) is 0 Å². The van der Waals surface area contributed by atoms with Gasteiger partial charge in [0.2, 0.25) is 47.3 Å². The minimum Gasteiger partial charge on any atom is -0.480 e. The third-order valence-electron chi connectivity index (χ3n) is 4.54. The fourth-order valence-electron chi connectivity index (χ4n) is 2.18. The molecule has 0 spiro atoms. The van der Waals surface area contributed by atoms with Gasteiger partial charge in [-0.1, -0.05) is 0 Å². The van der Waals surface area contributed by atoms with Crippen LogP contribution < -0.4 is 54.0 Å². The number of nitrogens with one attached hydrogen (secondary N) is 8. The summed E-state index contributed by atoms with van der Waals surface area (Å²) in [6, 6.07) is -2.15. The molecule has 0 aromatic rings. The fraction of sp³-hybridized carbons (Fsp3) is 0.545. The molecule has 2 atom stereocenters. The highest BCUT2D eigenvalue weighted by atomic mass is 16.4. The van der Waals surface area contributed by atoms with E-state index < -0.39 is 84.4 Å². The number of carbonyl (C=O) groups excluding carboxylic acids is 8. The molecule has 0 saturated heterocycles. The van der Waals surface area contributed by atoms with Crippen LogP contribution in [-0.2, 0) is 47.9 Å². The molecule has 0 radical (unpaired) electrons. The van der Waals surface area contributed by atoms with Crippen molar-refractivity contribution in [3.8, 4) is 0 Å². The van der Waals surface area contributed by atoms with Crippen molar-refractivity contribution >= 4 is 59.2 Å². The van der Waals surface area contributed by atoms with Crippen LogP contribution in [0.1, 0.15) is 13.8 Å². The standard InChI is InChI=1S/2C11H19N5O6.H2O/c2*1-6(11(21)22)16-10(20)5-15-9(19)4-14-8(18)3-13-7(17)2-12;/h2*6H,2-5,12H2,1H3,(H,13,17)(H,14,18)(H,15,19)(H,16,20)(H,21,22);1H2. The van der Waals surface area contributed by atoms with Gasteiger partial charge in [-0.2, -0.15) is 0 Å². The molecule has 0 aliphatic rings. The van der Waals surface area contributed by atoms with Crippen molar-refractivity contribution in [1.29, 1.82) is 0 Å². The number of hydrogen-bond acceptors (Lipinski definition) is 12. The van der Waals surface area contributed by atoms with E-state index in [1.54, 1.807) is 0 Å². The van der Waals surface area contributed by atoms with Crippen LogP contribution >= 0.6 is 0 Å². The second kappa shape index (κ2) is 25.1.